The fourth-order valence-electron chi connectivity index (χ4n) is 2.25. The molecule has 0 unspecified atom stereocenters. The summed E-state index contributed by atoms with van der Waals surface area (Å²) < 4.78 is 13.1. The van der Waals surface area contributed by atoms with Crippen molar-refractivity contribution < 1.29 is 4.39 Å². The van der Waals surface area contributed by atoms with E-state index in [0.29, 0.717) is 22.3 Å². The van der Waals surface area contributed by atoms with E-state index in [-0.39, 0.29) is 5.82 Å². The molecule has 3 nitrogen and oxygen atoms in total. The number of hydrogen-bond acceptors (Lipinski definition) is 3. The highest BCUT2D eigenvalue weighted by Gasteiger charge is 2.16. The van der Waals surface area contributed by atoms with Crippen molar-refractivity contribution in [1.82, 2.24) is 9.97 Å². The van der Waals surface area contributed by atoms with E-state index in [9.17, 15) is 4.39 Å². The average Bonchev–Trinajstić information content (AvgIpc) is 2.37. The molecular formula is C15H17ClFN3. The number of nitrogens with zero attached hydrogens (tertiary/aromatic N) is 2. The molecule has 0 amide bonds. The predicted octanol–water partition coefficient (Wildman–Crippen LogP) is 4.41. The van der Waals surface area contributed by atoms with Crippen molar-refractivity contribution in [3.8, 4) is 11.4 Å². The summed E-state index contributed by atoms with van der Waals surface area (Å²) in [6.07, 6.45) is 0. The van der Waals surface area contributed by atoms with Crippen molar-refractivity contribution in [1.29, 1.82) is 0 Å². The number of aromatic nitrogens is 2. The van der Waals surface area contributed by atoms with E-state index in [1.165, 1.54) is 12.1 Å². The number of aryl methyl sites for hydroxylation is 1. The topological polar surface area (TPSA) is 37.8 Å². The first kappa shape index (κ1) is 14.7. The van der Waals surface area contributed by atoms with Crippen LogP contribution in [0.5, 0.6) is 0 Å². The van der Waals surface area contributed by atoms with Crippen LogP contribution in [0.4, 0.5) is 10.2 Å². The second-order valence-electron chi connectivity index (χ2n) is 4.92. The molecule has 20 heavy (non-hydrogen) atoms. The molecule has 2 rings (SSSR count). The summed E-state index contributed by atoms with van der Waals surface area (Å²) in [5.74, 6) is 1.22. The van der Waals surface area contributed by atoms with Gasteiger partial charge in [-0.1, -0.05) is 25.4 Å². The minimum Gasteiger partial charge on any atom is -0.373 e. The molecule has 0 fully saturated rings. The van der Waals surface area contributed by atoms with E-state index in [0.717, 1.165) is 17.1 Å². The highest BCUT2D eigenvalue weighted by Crippen LogP contribution is 2.31. The molecule has 1 N–H and O–H groups in total. The summed E-state index contributed by atoms with van der Waals surface area (Å²) in [6.45, 7) is 6.13. The Bertz CT molecular complexity index is 641. The normalized spacial score (nSPS) is 10.9. The molecule has 0 aliphatic heterocycles. The molecule has 0 bridgehead atoms. The Balaban J connectivity index is 2.61. The van der Waals surface area contributed by atoms with Gasteiger partial charge >= 0.3 is 0 Å². The first-order chi connectivity index (χ1) is 9.43. The van der Waals surface area contributed by atoms with Crippen molar-refractivity contribution in [2.24, 2.45) is 0 Å². The lowest BCUT2D eigenvalue weighted by molar-refractivity contribution is 0.628. The molecule has 0 aliphatic rings. The van der Waals surface area contributed by atoms with Crippen LogP contribution >= 0.6 is 11.6 Å². The highest BCUT2D eigenvalue weighted by atomic mass is 35.5. The first-order valence-corrected chi connectivity index (χ1v) is 6.83. The van der Waals surface area contributed by atoms with Crippen molar-refractivity contribution in [3.63, 3.8) is 0 Å². The number of anilines is 1. The van der Waals surface area contributed by atoms with Crippen molar-refractivity contribution in [3.05, 3.63) is 40.3 Å². The fourth-order valence-corrected chi connectivity index (χ4v) is 2.51. The molecule has 0 saturated carbocycles. The Labute approximate surface area is 123 Å². The molecule has 0 aliphatic carbocycles. The molecule has 1 aromatic heterocycles. The molecule has 1 heterocycles. The zero-order chi connectivity index (χ0) is 14.9. The van der Waals surface area contributed by atoms with Crippen LogP contribution in [0.3, 0.4) is 0 Å². The second-order valence-corrected chi connectivity index (χ2v) is 5.33. The Morgan fingerprint density at radius 2 is 1.95 bits per heavy atom. The second kappa shape index (κ2) is 5.75. The van der Waals surface area contributed by atoms with Gasteiger partial charge in [0.25, 0.3) is 0 Å². The van der Waals surface area contributed by atoms with Gasteiger partial charge in [0, 0.05) is 23.9 Å². The molecule has 106 valence electrons. The lowest BCUT2D eigenvalue weighted by atomic mass is 10.0. The van der Waals surface area contributed by atoms with Crippen LogP contribution in [0.25, 0.3) is 11.4 Å². The molecule has 0 saturated heterocycles. The van der Waals surface area contributed by atoms with Gasteiger partial charge in [0.1, 0.15) is 11.6 Å². The minimum atomic E-state index is -0.372. The third-order valence-corrected chi connectivity index (χ3v) is 3.44. The van der Waals surface area contributed by atoms with Gasteiger partial charge in [0.05, 0.1) is 5.02 Å². The Hall–Kier alpha value is -1.68. The van der Waals surface area contributed by atoms with E-state index in [4.69, 9.17) is 11.6 Å². The maximum Gasteiger partial charge on any atom is 0.163 e. The summed E-state index contributed by atoms with van der Waals surface area (Å²) in [4.78, 5) is 9.01. The number of rotatable bonds is 3. The molecule has 0 atom stereocenters. The monoisotopic (exact) mass is 293 g/mol. The van der Waals surface area contributed by atoms with E-state index < -0.39 is 0 Å². The van der Waals surface area contributed by atoms with E-state index in [1.54, 1.807) is 6.07 Å². The SMILES string of the molecule is CNc1nc(-c2ccc(F)cc2Cl)nc(C)c1C(C)C. The third-order valence-electron chi connectivity index (χ3n) is 3.12. The standard InChI is InChI=1S/C15H17ClFN3/c1-8(2)13-9(3)19-14(20-15(13)18-4)11-6-5-10(17)7-12(11)16/h5-8H,1-4H3,(H,18,19,20). The van der Waals surface area contributed by atoms with Crippen LogP contribution < -0.4 is 5.32 Å². The van der Waals surface area contributed by atoms with Crippen molar-refractivity contribution >= 4 is 17.4 Å². The van der Waals surface area contributed by atoms with Crippen LogP contribution in [-0.2, 0) is 0 Å². The van der Waals surface area contributed by atoms with Crippen LogP contribution in [0.1, 0.15) is 31.0 Å². The molecule has 2 aromatic rings. The quantitative estimate of drug-likeness (QED) is 0.911. The van der Waals surface area contributed by atoms with E-state index in [2.05, 4.69) is 29.1 Å². The molecule has 0 spiro atoms. The number of benzene rings is 1. The largest absolute Gasteiger partial charge is 0.373 e. The van der Waals surface area contributed by atoms with Gasteiger partial charge in [-0.15, -0.1) is 0 Å². The van der Waals surface area contributed by atoms with E-state index in [1.807, 2.05) is 14.0 Å². The van der Waals surface area contributed by atoms with Gasteiger partial charge < -0.3 is 5.32 Å². The van der Waals surface area contributed by atoms with Crippen LogP contribution in [0, 0.1) is 12.7 Å². The maximum absolute atomic E-state index is 13.1. The van der Waals surface area contributed by atoms with Crippen LogP contribution in [-0.4, -0.2) is 17.0 Å². The smallest absolute Gasteiger partial charge is 0.163 e. The summed E-state index contributed by atoms with van der Waals surface area (Å²) in [5, 5.41) is 3.40. The summed E-state index contributed by atoms with van der Waals surface area (Å²) in [7, 11) is 1.82. The van der Waals surface area contributed by atoms with E-state index >= 15 is 0 Å². The summed E-state index contributed by atoms with van der Waals surface area (Å²) in [5.41, 5.74) is 2.60. The summed E-state index contributed by atoms with van der Waals surface area (Å²) in [6, 6.07) is 4.22. The summed E-state index contributed by atoms with van der Waals surface area (Å²) >= 11 is 6.07. The van der Waals surface area contributed by atoms with Crippen LogP contribution in [0.2, 0.25) is 5.02 Å². The van der Waals surface area contributed by atoms with Gasteiger partial charge in [-0.2, -0.15) is 0 Å². The molecule has 1 aromatic carbocycles. The lowest BCUT2D eigenvalue weighted by Crippen LogP contribution is -2.07. The van der Waals surface area contributed by atoms with Gasteiger partial charge in [0.2, 0.25) is 0 Å². The molecule has 0 radical (unpaired) electrons. The Morgan fingerprint density at radius 1 is 1.25 bits per heavy atom. The Morgan fingerprint density at radius 3 is 2.50 bits per heavy atom. The Kier molecular flexibility index (Phi) is 4.23. The molecule has 5 heteroatoms. The zero-order valence-corrected chi connectivity index (χ0v) is 12.7. The lowest BCUT2D eigenvalue weighted by Gasteiger charge is -2.16. The van der Waals surface area contributed by atoms with Crippen LogP contribution in [0.15, 0.2) is 18.2 Å². The fraction of sp³-hybridized carbons (Fsp3) is 0.333. The van der Waals surface area contributed by atoms with Crippen molar-refractivity contribution in [2.75, 3.05) is 12.4 Å². The molecular weight excluding hydrogens is 277 g/mol. The number of hydrogen-bond donors (Lipinski definition) is 1. The maximum atomic E-state index is 13.1. The third kappa shape index (κ3) is 2.75. The number of halogens is 2. The van der Waals surface area contributed by atoms with Gasteiger partial charge in [-0.05, 0) is 31.0 Å². The predicted molar refractivity (Wildman–Crippen MR) is 80.8 cm³/mol. The highest BCUT2D eigenvalue weighted by molar-refractivity contribution is 6.33. The van der Waals surface area contributed by atoms with Crippen molar-refractivity contribution in [2.45, 2.75) is 26.7 Å². The number of nitrogens with one attached hydrogen (secondary N) is 1. The first-order valence-electron chi connectivity index (χ1n) is 6.45. The minimum absolute atomic E-state index is 0.309. The average molecular weight is 294 g/mol. The van der Waals surface area contributed by atoms with Gasteiger partial charge in [-0.25, -0.2) is 14.4 Å². The van der Waals surface area contributed by atoms with Gasteiger partial charge in [0.15, 0.2) is 5.82 Å². The zero-order valence-electron chi connectivity index (χ0n) is 12.0. The van der Waals surface area contributed by atoms with Gasteiger partial charge in [-0.3, -0.25) is 0 Å².